The summed E-state index contributed by atoms with van der Waals surface area (Å²) in [4.78, 5) is 25.7. The average molecular weight is 489 g/mol. The van der Waals surface area contributed by atoms with E-state index in [-0.39, 0.29) is 31.3 Å². The van der Waals surface area contributed by atoms with Gasteiger partial charge in [0.25, 0.3) is 0 Å². The Labute approximate surface area is 211 Å². The van der Waals surface area contributed by atoms with Gasteiger partial charge in [-0.05, 0) is 53.4 Å². The van der Waals surface area contributed by atoms with E-state index >= 15 is 0 Å². The van der Waals surface area contributed by atoms with E-state index in [0.29, 0.717) is 23.8 Å². The number of anilines is 2. The zero-order chi connectivity index (χ0) is 26.1. The van der Waals surface area contributed by atoms with Crippen molar-refractivity contribution < 1.29 is 19.4 Å². The minimum Gasteiger partial charge on any atom is -0.493 e. The molecule has 36 heavy (non-hydrogen) atoms. The number of benzene rings is 3. The summed E-state index contributed by atoms with van der Waals surface area (Å²) in [5, 5.41) is 19.6. The molecule has 0 bridgehead atoms. The molecule has 0 radical (unpaired) electrons. The van der Waals surface area contributed by atoms with Crippen LogP contribution in [-0.2, 0) is 16.1 Å². The van der Waals surface area contributed by atoms with Gasteiger partial charge in [0, 0.05) is 23.5 Å². The molecule has 0 aliphatic rings. The lowest BCUT2D eigenvalue weighted by atomic mass is 10.0. The van der Waals surface area contributed by atoms with E-state index in [0.717, 1.165) is 16.9 Å². The number of carboxylic acid groups (broad SMARTS) is 1. The summed E-state index contributed by atoms with van der Waals surface area (Å²) >= 11 is 0. The molecular weight excluding hydrogens is 456 g/mol. The minimum absolute atomic E-state index is 0.0553. The first-order chi connectivity index (χ1) is 17.2. The SMILES string of the molecule is CC(C)c1ccc(NC(=O)CN(Cc2cccc(OCCC(=O)O)c2)c2cccc(C(=N)N)c2)cc1. The molecule has 0 unspecified atom stereocenters. The smallest absolute Gasteiger partial charge is 0.306 e. The maximum atomic E-state index is 13.0. The summed E-state index contributed by atoms with van der Waals surface area (Å²) in [5.41, 5.74) is 9.78. The predicted molar refractivity (Wildman–Crippen MR) is 142 cm³/mol. The van der Waals surface area contributed by atoms with Crippen LogP contribution in [0.25, 0.3) is 0 Å². The van der Waals surface area contributed by atoms with Gasteiger partial charge in [-0.15, -0.1) is 0 Å². The fourth-order valence-corrected chi connectivity index (χ4v) is 3.64. The maximum absolute atomic E-state index is 13.0. The number of rotatable bonds is 12. The molecule has 3 aromatic carbocycles. The van der Waals surface area contributed by atoms with Crippen LogP contribution in [0.15, 0.2) is 72.8 Å². The molecule has 0 atom stereocenters. The van der Waals surface area contributed by atoms with E-state index in [9.17, 15) is 9.59 Å². The second kappa shape index (κ2) is 12.4. The van der Waals surface area contributed by atoms with Crippen LogP contribution in [0.3, 0.4) is 0 Å². The Morgan fingerprint density at radius 1 is 1.06 bits per heavy atom. The lowest BCUT2D eigenvalue weighted by Crippen LogP contribution is -2.33. The molecule has 0 saturated heterocycles. The first-order valence-corrected chi connectivity index (χ1v) is 11.7. The van der Waals surface area contributed by atoms with Crippen LogP contribution < -0.4 is 20.7 Å². The number of ether oxygens (including phenoxy) is 1. The van der Waals surface area contributed by atoms with Gasteiger partial charge in [0.05, 0.1) is 19.6 Å². The Morgan fingerprint density at radius 3 is 2.44 bits per heavy atom. The number of nitrogens with zero attached hydrogens (tertiary/aromatic N) is 1. The van der Waals surface area contributed by atoms with Crippen LogP contribution >= 0.6 is 0 Å². The summed E-state index contributed by atoms with van der Waals surface area (Å²) in [6.07, 6.45) is -0.0908. The first-order valence-electron chi connectivity index (χ1n) is 11.7. The highest BCUT2D eigenvalue weighted by Crippen LogP contribution is 2.22. The number of carbonyl (C=O) groups is 2. The Morgan fingerprint density at radius 2 is 1.78 bits per heavy atom. The summed E-state index contributed by atoms with van der Waals surface area (Å²) in [7, 11) is 0. The van der Waals surface area contributed by atoms with Gasteiger partial charge in [-0.25, -0.2) is 0 Å². The van der Waals surface area contributed by atoms with Gasteiger partial charge in [-0.2, -0.15) is 0 Å². The van der Waals surface area contributed by atoms with E-state index in [1.54, 1.807) is 24.3 Å². The van der Waals surface area contributed by atoms with E-state index in [2.05, 4.69) is 19.2 Å². The number of nitrogens with two attached hydrogens (primary N) is 1. The van der Waals surface area contributed by atoms with Gasteiger partial charge < -0.3 is 25.8 Å². The van der Waals surface area contributed by atoms with Crippen molar-refractivity contribution in [3.05, 3.63) is 89.5 Å². The molecule has 0 spiro atoms. The molecule has 0 saturated carbocycles. The number of hydrogen-bond acceptors (Lipinski definition) is 5. The van der Waals surface area contributed by atoms with E-state index in [1.165, 1.54) is 5.56 Å². The number of carboxylic acids is 1. The summed E-state index contributed by atoms with van der Waals surface area (Å²) < 4.78 is 5.56. The molecule has 0 heterocycles. The van der Waals surface area contributed by atoms with Crippen LogP contribution in [0.4, 0.5) is 11.4 Å². The molecule has 0 fully saturated rings. The number of hydrogen-bond donors (Lipinski definition) is 4. The fraction of sp³-hybridized carbons (Fsp3) is 0.250. The van der Waals surface area contributed by atoms with Crippen molar-refractivity contribution in [3.63, 3.8) is 0 Å². The van der Waals surface area contributed by atoms with Gasteiger partial charge >= 0.3 is 5.97 Å². The van der Waals surface area contributed by atoms with Gasteiger partial charge in [-0.1, -0.05) is 50.2 Å². The quantitative estimate of drug-likeness (QED) is 0.218. The van der Waals surface area contributed by atoms with Crippen LogP contribution in [0.2, 0.25) is 0 Å². The lowest BCUT2D eigenvalue weighted by Gasteiger charge is -2.25. The summed E-state index contributed by atoms with van der Waals surface area (Å²) in [6.45, 7) is 4.76. The Balaban J connectivity index is 1.79. The van der Waals surface area contributed by atoms with E-state index in [4.69, 9.17) is 21.0 Å². The van der Waals surface area contributed by atoms with Crippen LogP contribution in [0.1, 0.15) is 42.9 Å². The first kappa shape index (κ1) is 26.3. The zero-order valence-electron chi connectivity index (χ0n) is 20.5. The summed E-state index contributed by atoms with van der Waals surface area (Å²) in [5.74, 6) is -0.203. The third-order valence-electron chi connectivity index (χ3n) is 5.57. The van der Waals surface area contributed by atoms with Crippen LogP contribution in [0, 0.1) is 5.41 Å². The van der Waals surface area contributed by atoms with Crippen molar-refractivity contribution in [2.75, 3.05) is 23.4 Å². The molecule has 0 aliphatic heterocycles. The topological polar surface area (TPSA) is 129 Å². The zero-order valence-corrected chi connectivity index (χ0v) is 20.5. The maximum Gasteiger partial charge on any atom is 0.306 e. The number of amidine groups is 1. The highest BCUT2D eigenvalue weighted by molar-refractivity contribution is 5.97. The third kappa shape index (κ3) is 7.87. The number of amides is 1. The number of nitrogen functional groups attached to an aromatic ring is 1. The lowest BCUT2D eigenvalue weighted by molar-refractivity contribution is -0.137. The molecule has 188 valence electrons. The monoisotopic (exact) mass is 488 g/mol. The predicted octanol–water partition coefficient (Wildman–Crippen LogP) is 4.59. The molecule has 8 nitrogen and oxygen atoms in total. The molecule has 1 amide bonds. The Bertz CT molecular complexity index is 1210. The average Bonchev–Trinajstić information content (AvgIpc) is 2.84. The summed E-state index contributed by atoms with van der Waals surface area (Å²) in [6, 6.07) is 22.3. The minimum atomic E-state index is -0.924. The Kier molecular flexibility index (Phi) is 9.05. The van der Waals surface area contributed by atoms with Crippen LogP contribution in [-0.4, -0.2) is 36.0 Å². The molecule has 5 N–H and O–H groups in total. The Hall–Kier alpha value is -4.33. The van der Waals surface area contributed by atoms with Crippen molar-refractivity contribution in [1.29, 1.82) is 5.41 Å². The molecule has 8 heteroatoms. The van der Waals surface area contributed by atoms with Crippen LogP contribution in [0.5, 0.6) is 5.75 Å². The van der Waals surface area contributed by atoms with Gasteiger partial charge in [0.2, 0.25) is 5.91 Å². The van der Waals surface area contributed by atoms with Gasteiger partial charge in [0.1, 0.15) is 11.6 Å². The van der Waals surface area contributed by atoms with E-state index in [1.807, 2.05) is 53.4 Å². The number of nitrogens with one attached hydrogen (secondary N) is 2. The van der Waals surface area contributed by atoms with Gasteiger partial charge in [0.15, 0.2) is 0 Å². The van der Waals surface area contributed by atoms with Crippen molar-refractivity contribution in [3.8, 4) is 5.75 Å². The molecule has 3 rings (SSSR count). The fourth-order valence-electron chi connectivity index (χ4n) is 3.64. The second-order valence-electron chi connectivity index (χ2n) is 8.78. The standard InChI is InChI=1S/C28H32N4O4/c1-19(2)21-9-11-23(12-10-21)31-26(33)18-32(24-7-4-6-22(16-24)28(29)30)17-20-5-3-8-25(15-20)36-14-13-27(34)35/h3-12,15-16,19H,13-14,17-18H2,1-2H3,(H3,29,30)(H,31,33)(H,34,35). The number of aliphatic carboxylic acids is 1. The van der Waals surface area contributed by atoms with E-state index < -0.39 is 5.97 Å². The second-order valence-corrected chi connectivity index (χ2v) is 8.78. The largest absolute Gasteiger partial charge is 0.493 e. The third-order valence-corrected chi connectivity index (χ3v) is 5.57. The molecular formula is C28H32N4O4. The normalized spacial score (nSPS) is 10.6. The number of carbonyl (C=O) groups excluding carboxylic acids is 1. The highest BCUT2D eigenvalue weighted by Gasteiger charge is 2.15. The van der Waals surface area contributed by atoms with Crippen molar-refractivity contribution in [2.45, 2.75) is 32.7 Å². The van der Waals surface area contributed by atoms with Crippen molar-refractivity contribution in [2.24, 2.45) is 5.73 Å². The van der Waals surface area contributed by atoms with Crippen molar-refractivity contribution in [1.82, 2.24) is 0 Å². The highest BCUT2D eigenvalue weighted by atomic mass is 16.5. The molecule has 3 aromatic rings. The molecule has 0 aliphatic carbocycles. The molecule has 0 aromatic heterocycles. The van der Waals surface area contributed by atoms with Gasteiger partial charge in [-0.3, -0.25) is 15.0 Å². The van der Waals surface area contributed by atoms with Crippen molar-refractivity contribution >= 4 is 29.1 Å².